The van der Waals surface area contributed by atoms with E-state index in [9.17, 15) is 9.59 Å². The largest absolute Gasteiger partial charge is 0.314 e. The second-order valence-corrected chi connectivity index (χ2v) is 6.40. The molecule has 98 valence electrons. The maximum absolute atomic E-state index is 12.3. The smallest absolute Gasteiger partial charge is 0.263 e. The van der Waals surface area contributed by atoms with E-state index in [-0.39, 0.29) is 11.7 Å². The fourth-order valence-corrected chi connectivity index (χ4v) is 3.58. The van der Waals surface area contributed by atoms with Gasteiger partial charge in [-0.3, -0.25) is 9.59 Å². The van der Waals surface area contributed by atoms with Gasteiger partial charge in [0.05, 0.1) is 4.24 Å². The zero-order valence-corrected chi connectivity index (χ0v) is 12.3. The first-order chi connectivity index (χ1) is 8.67. The molecule has 5 heteroatoms. The van der Waals surface area contributed by atoms with Crippen LogP contribution in [0.2, 0.25) is 0 Å². The Bertz CT molecular complexity index is 419. The van der Waals surface area contributed by atoms with Crippen molar-refractivity contribution in [2.75, 3.05) is 19.1 Å². The van der Waals surface area contributed by atoms with Gasteiger partial charge in [0.2, 0.25) is 0 Å². The van der Waals surface area contributed by atoms with E-state index in [2.05, 4.69) is 0 Å². The molecule has 0 spiro atoms. The van der Waals surface area contributed by atoms with E-state index in [1.54, 1.807) is 11.1 Å². The standard InChI is InChI=1S/C13H17NO2S2/c1-17-13(18-2)11-10(15)6-7-14(12(11)16)8-9-4-3-5-9/h6-7,9H,3-5,8H2,1-2H3. The molecule has 2 rings (SSSR count). The van der Waals surface area contributed by atoms with Gasteiger partial charge in [0, 0.05) is 18.8 Å². The van der Waals surface area contributed by atoms with Crippen LogP contribution in [0.15, 0.2) is 22.1 Å². The molecule has 1 amide bonds. The summed E-state index contributed by atoms with van der Waals surface area (Å²) in [7, 11) is 0. The lowest BCUT2D eigenvalue weighted by atomic mass is 9.85. The van der Waals surface area contributed by atoms with E-state index in [4.69, 9.17) is 0 Å². The Balaban J connectivity index is 2.21. The third kappa shape index (κ3) is 2.67. The van der Waals surface area contributed by atoms with Crippen LogP contribution >= 0.6 is 23.5 Å². The monoisotopic (exact) mass is 283 g/mol. The van der Waals surface area contributed by atoms with Gasteiger partial charge in [-0.05, 0) is 31.3 Å². The highest BCUT2D eigenvalue weighted by atomic mass is 32.2. The summed E-state index contributed by atoms with van der Waals surface area (Å²) in [6, 6.07) is 0. The highest BCUT2D eigenvalue weighted by molar-refractivity contribution is 8.21. The molecule has 1 aliphatic carbocycles. The van der Waals surface area contributed by atoms with E-state index < -0.39 is 0 Å². The highest BCUT2D eigenvalue weighted by Gasteiger charge is 2.31. The maximum atomic E-state index is 12.3. The van der Waals surface area contributed by atoms with Crippen molar-refractivity contribution in [3.05, 3.63) is 22.1 Å². The van der Waals surface area contributed by atoms with Crippen LogP contribution < -0.4 is 0 Å². The lowest BCUT2D eigenvalue weighted by Gasteiger charge is -2.32. The van der Waals surface area contributed by atoms with Gasteiger partial charge >= 0.3 is 0 Å². The molecule has 0 aromatic heterocycles. The van der Waals surface area contributed by atoms with Crippen molar-refractivity contribution >= 4 is 35.2 Å². The Morgan fingerprint density at radius 1 is 1.33 bits per heavy atom. The van der Waals surface area contributed by atoms with Crippen molar-refractivity contribution in [2.24, 2.45) is 5.92 Å². The number of carbonyl (C=O) groups is 2. The van der Waals surface area contributed by atoms with Gasteiger partial charge in [-0.1, -0.05) is 6.42 Å². The normalized spacial score (nSPS) is 20.3. The van der Waals surface area contributed by atoms with Crippen LogP contribution in [-0.2, 0) is 9.59 Å². The number of amides is 1. The molecule has 0 aromatic rings. The molecule has 1 aliphatic heterocycles. The van der Waals surface area contributed by atoms with Crippen molar-refractivity contribution in [1.29, 1.82) is 0 Å². The van der Waals surface area contributed by atoms with Crippen molar-refractivity contribution in [3.63, 3.8) is 0 Å². The third-order valence-corrected chi connectivity index (χ3v) is 5.53. The van der Waals surface area contributed by atoms with Crippen LogP contribution in [0, 0.1) is 5.92 Å². The van der Waals surface area contributed by atoms with Crippen molar-refractivity contribution in [3.8, 4) is 0 Å². The Morgan fingerprint density at radius 2 is 2.00 bits per heavy atom. The minimum atomic E-state index is -0.163. The summed E-state index contributed by atoms with van der Waals surface area (Å²) in [6.07, 6.45) is 10.6. The number of nitrogens with zero attached hydrogens (tertiary/aromatic N) is 1. The first-order valence-electron chi connectivity index (χ1n) is 6.03. The summed E-state index contributed by atoms with van der Waals surface area (Å²) in [6.45, 7) is 0.752. The van der Waals surface area contributed by atoms with Crippen LogP contribution in [0.5, 0.6) is 0 Å². The molecule has 0 atom stereocenters. The Hall–Kier alpha value is -0.680. The van der Waals surface area contributed by atoms with Crippen molar-refractivity contribution < 1.29 is 9.59 Å². The highest BCUT2D eigenvalue weighted by Crippen LogP contribution is 2.32. The summed E-state index contributed by atoms with van der Waals surface area (Å²) in [5, 5.41) is 0. The number of rotatable bonds is 4. The molecule has 18 heavy (non-hydrogen) atoms. The summed E-state index contributed by atoms with van der Waals surface area (Å²) in [5.74, 6) is 0.316. The number of hydrogen-bond donors (Lipinski definition) is 0. The lowest BCUT2D eigenvalue weighted by Crippen LogP contribution is -2.38. The van der Waals surface area contributed by atoms with Crippen molar-refractivity contribution in [2.45, 2.75) is 19.3 Å². The minimum absolute atomic E-state index is 0.131. The Morgan fingerprint density at radius 3 is 2.50 bits per heavy atom. The summed E-state index contributed by atoms with van der Waals surface area (Å²) in [4.78, 5) is 25.9. The molecule has 0 bridgehead atoms. The second kappa shape index (κ2) is 5.97. The molecule has 0 saturated heterocycles. The molecular weight excluding hydrogens is 266 g/mol. The minimum Gasteiger partial charge on any atom is -0.314 e. The predicted octanol–water partition coefficient (Wildman–Crippen LogP) is 2.65. The number of ketones is 1. The maximum Gasteiger partial charge on any atom is 0.263 e. The van der Waals surface area contributed by atoms with E-state index in [0.29, 0.717) is 11.5 Å². The average Bonchev–Trinajstić information content (AvgIpc) is 2.31. The van der Waals surface area contributed by atoms with E-state index in [1.807, 2.05) is 12.5 Å². The summed E-state index contributed by atoms with van der Waals surface area (Å²) in [5.41, 5.74) is 0.344. The molecule has 3 nitrogen and oxygen atoms in total. The zero-order chi connectivity index (χ0) is 13.1. The molecule has 0 unspecified atom stereocenters. The molecule has 2 aliphatic rings. The summed E-state index contributed by atoms with van der Waals surface area (Å²) < 4.78 is 0.813. The number of allylic oxidation sites excluding steroid dienone is 1. The van der Waals surface area contributed by atoms with E-state index >= 15 is 0 Å². The van der Waals surface area contributed by atoms with Crippen molar-refractivity contribution in [1.82, 2.24) is 4.90 Å². The predicted molar refractivity (Wildman–Crippen MR) is 77.3 cm³/mol. The third-order valence-electron chi connectivity index (χ3n) is 3.38. The molecule has 0 radical (unpaired) electrons. The SMILES string of the molecule is CSC(SC)=C1C(=O)C=CN(CC2CCC2)C1=O. The van der Waals surface area contributed by atoms with Gasteiger partial charge in [-0.2, -0.15) is 0 Å². The molecule has 1 fully saturated rings. The van der Waals surface area contributed by atoms with Crippen LogP contribution in [0.1, 0.15) is 19.3 Å². The average molecular weight is 283 g/mol. The Kier molecular flexibility index (Phi) is 4.56. The summed E-state index contributed by atoms with van der Waals surface area (Å²) >= 11 is 2.93. The van der Waals surface area contributed by atoms with Gasteiger partial charge in [-0.25, -0.2) is 0 Å². The fourth-order valence-electron chi connectivity index (χ4n) is 2.13. The van der Waals surface area contributed by atoms with Crippen LogP contribution in [0.3, 0.4) is 0 Å². The van der Waals surface area contributed by atoms with E-state index in [1.165, 1.54) is 48.9 Å². The first-order valence-corrected chi connectivity index (χ1v) is 8.48. The van der Waals surface area contributed by atoms with Gasteiger partial charge in [0.15, 0.2) is 5.78 Å². The van der Waals surface area contributed by atoms with E-state index in [0.717, 1.165) is 10.8 Å². The van der Waals surface area contributed by atoms with Gasteiger partial charge < -0.3 is 4.90 Å². The number of carbonyl (C=O) groups excluding carboxylic acids is 2. The van der Waals surface area contributed by atoms with Crippen LogP contribution in [-0.4, -0.2) is 35.6 Å². The van der Waals surface area contributed by atoms with Crippen LogP contribution in [0.4, 0.5) is 0 Å². The fraction of sp³-hybridized carbons (Fsp3) is 0.538. The number of thioether (sulfide) groups is 2. The van der Waals surface area contributed by atoms with Gasteiger partial charge in [0.25, 0.3) is 5.91 Å². The lowest BCUT2D eigenvalue weighted by molar-refractivity contribution is -0.128. The molecule has 0 aromatic carbocycles. The zero-order valence-electron chi connectivity index (χ0n) is 10.6. The first kappa shape index (κ1) is 13.7. The Labute approximate surface area is 116 Å². The quantitative estimate of drug-likeness (QED) is 0.587. The van der Waals surface area contributed by atoms with Crippen LogP contribution in [0.25, 0.3) is 0 Å². The molecule has 1 saturated carbocycles. The molecule has 1 heterocycles. The molecular formula is C13H17NO2S2. The molecule has 0 N–H and O–H groups in total. The van der Waals surface area contributed by atoms with Gasteiger partial charge in [-0.15, -0.1) is 23.5 Å². The second-order valence-electron chi connectivity index (χ2n) is 4.51. The topological polar surface area (TPSA) is 37.4 Å². The van der Waals surface area contributed by atoms with Gasteiger partial charge in [0.1, 0.15) is 5.57 Å². The number of hydrogen-bond acceptors (Lipinski definition) is 4.